The minimum Gasteiger partial charge on any atom is -0.302 e. The molecular weight excluding hydrogens is 336 g/mol. The van der Waals surface area contributed by atoms with E-state index in [1.807, 2.05) is 17.9 Å². The zero-order chi connectivity index (χ0) is 18.8. The van der Waals surface area contributed by atoms with E-state index in [2.05, 4.69) is 69.7 Å². The number of fused-ring (bicyclic) bond motifs is 1. The van der Waals surface area contributed by atoms with E-state index in [0.29, 0.717) is 12.0 Å². The fourth-order valence-corrected chi connectivity index (χ4v) is 4.69. The van der Waals surface area contributed by atoms with Gasteiger partial charge >= 0.3 is 0 Å². The normalized spacial score (nSPS) is 21.3. The zero-order valence-corrected chi connectivity index (χ0v) is 16.6. The molecule has 144 valence electrons. The van der Waals surface area contributed by atoms with Gasteiger partial charge in [0.15, 0.2) is 0 Å². The average molecular weight is 367 g/mol. The Labute approximate surface area is 161 Å². The summed E-state index contributed by atoms with van der Waals surface area (Å²) in [7, 11) is 4.25. The second kappa shape index (κ2) is 7.82. The Balaban J connectivity index is 1.51. The lowest BCUT2D eigenvalue weighted by Crippen LogP contribution is -2.42. The number of para-hydroxylation sites is 1. The first kappa shape index (κ1) is 18.2. The molecule has 0 bridgehead atoms. The standard InChI is InChI=1S/C21H30N6/c1-4-27-10-6-9-18(21(27)19-12-23-26(3)15-19)14-25(2)13-17-8-5-7-16-11-22-24-20(16)17/h5,7-8,11-12,15,18,21H,4,6,9-10,13-14H2,1-3H3,(H,22,24)/t18-,21+/m0/s1. The van der Waals surface area contributed by atoms with Crippen molar-refractivity contribution in [3.63, 3.8) is 0 Å². The third-order valence-corrected chi connectivity index (χ3v) is 5.88. The SMILES string of the molecule is CCN1CCC[C@@H](CN(C)Cc2cccc3cn[nH]c23)[C@@H]1c1cnn(C)c1. The fraction of sp³-hybridized carbons (Fsp3) is 0.524. The molecule has 0 saturated carbocycles. The molecule has 2 aromatic heterocycles. The van der Waals surface area contributed by atoms with Crippen LogP contribution in [0.1, 0.15) is 36.9 Å². The summed E-state index contributed by atoms with van der Waals surface area (Å²) in [5.74, 6) is 0.619. The molecule has 6 nitrogen and oxygen atoms in total. The highest BCUT2D eigenvalue weighted by Gasteiger charge is 2.33. The zero-order valence-electron chi connectivity index (χ0n) is 16.6. The average Bonchev–Trinajstić information content (AvgIpc) is 3.31. The summed E-state index contributed by atoms with van der Waals surface area (Å²) in [4.78, 5) is 5.08. The molecule has 2 atom stereocenters. The van der Waals surface area contributed by atoms with E-state index in [0.717, 1.165) is 25.2 Å². The van der Waals surface area contributed by atoms with E-state index in [1.54, 1.807) is 0 Å². The summed E-state index contributed by atoms with van der Waals surface area (Å²) >= 11 is 0. The van der Waals surface area contributed by atoms with Crippen LogP contribution in [0.3, 0.4) is 0 Å². The van der Waals surface area contributed by atoms with Crippen molar-refractivity contribution in [3.8, 4) is 0 Å². The number of likely N-dealkylation sites (tertiary alicyclic amines) is 1. The molecular formula is C21H30N6. The maximum absolute atomic E-state index is 4.44. The van der Waals surface area contributed by atoms with Gasteiger partial charge < -0.3 is 4.90 Å². The molecule has 0 spiro atoms. The number of aromatic nitrogens is 4. The molecule has 1 fully saturated rings. The lowest BCUT2D eigenvalue weighted by atomic mass is 9.85. The Kier molecular flexibility index (Phi) is 5.27. The first-order valence-corrected chi connectivity index (χ1v) is 9.97. The lowest BCUT2D eigenvalue weighted by Gasteiger charge is -2.42. The van der Waals surface area contributed by atoms with Crippen molar-refractivity contribution in [3.05, 3.63) is 47.9 Å². The monoisotopic (exact) mass is 366 g/mol. The van der Waals surface area contributed by atoms with Gasteiger partial charge in [0, 0.05) is 43.3 Å². The maximum atomic E-state index is 4.44. The third-order valence-electron chi connectivity index (χ3n) is 5.88. The molecule has 0 unspecified atom stereocenters. The van der Waals surface area contributed by atoms with Gasteiger partial charge in [0.1, 0.15) is 0 Å². The van der Waals surface area contributed by atoms with Crippen LogP contribution in [0.5, 0.6) is 0 Å². The van der Waals surface area contributed by atoms with Gasteiger partial charge in [-0.1, -0.05) is 25.1 Å². The molecule has 6 heteroatoms. The predicted molar refractivity (Wildman–Crippen MR) is 108 cm³/mol. The van der Waals surface area contributed by atoms with Gasteiger partial charge in [-0.15, -0.1) is 0 Å². The van der Waals surface area contributed by atoms with Crippen LogP contribution < -0.4 is 0 Å². The van der Waals surface area contributed by atoms with Crippen LogP contribution in [0, 0.1) is 5.92 Å². The van der Waals surface area contributed by atoms with Gasteiger partial charge in [0.2, 0.25) is 0 Å². The summed E-state index contributed by atoms with van der Waals surface area (Å²) in [5, 5.41) is 13.0. The van der Waals surface area contributed by atoms with Crippen LogP contribution in [0.2, 0.25) is 0 Å². The molecule has 1 aliphatic rings. The highest BCUT2D eigenvalue weighted by atomic mass is 15.3. The number of rotatable bonds is 6. The summed E-state index contributed by atoms with van der Waals surface area (Å²) < 4.78 is 1.93. The number of aromatic amines is 1. The van der Waals surface area contributed by atoms with Crippen molar-refractivity contribution >= 4 is 10.9 Å². The molecule has 3 aromatic rings. The molecule has 4 rings (SSSR count). The first-order chi connectivity index (χ1) is 13.2. The first-order valence-electron chi connectivity index (χ1n) is 9.97. The van der Waals surface area contributed by atoms with Gasteiger partial charge in [0.05, 0.1) is 17.9 Å². The van der Waals surface area contributed by atoms with Gasteiger partial charge in [-0.05, 0) is 44.5 Å². The van der Waals surface area contributed by atoms with Crippen LogP contribution >= 0.6 is 0 Å². The van der Waals surface area contributed by atoms with E-state index in [1.165, 1.54) is 35.9 Å². The summed E-state index contributed by atoms with van der Waals surface area (Å²) in [6.07, 6.45) is 8.69. The molecule has 1 aromatic carbocycles. The third kappa shape index (κ3) is 3.77. The smallest absolute Gasteiger partial charge is 0.0695 e. The summed E-state index contributed by atoms with van der Waals surface area (Å²) in [5.41, 5.74) is 3.83. The predicted octanol–water partition coefficient (Wildman–Crippen LogP) is 3.20. The Morgan fingerprint density at radius 2 is 2.19 bits per heavy atom. The summed E-state index contributed by atoms with van der Waals surface area (Å²) in [6.45, 7) is 6.56. The van der Waals surface area contributed by atoms with Crippen molar-refractivity contribution in [2.24, 2.45) is 13.0 Å². The van der Waals surface area contributed by atoms with Crippen molar-refractivity contribution in [2.75, 3.05) is 26.7 Å². The topological polar surface area (TPSA) is 53.0 Å². The van der Waals surface area contributed by atoms with Crippen LogP contribution in [-0.4, -0.2) is 56.5 Å². The Hall–Kier alpha value is -2.18. The second-order valence-corrected chi connectivity index (χ2v) is 7.87. The fourth-order valence-electron chi connectivity index (χ4n) is 4.69. The number of aryl methyl sites for hydroxylation is 1. The molecule has 1 aliphatic heterocycles. The molecule has 0 amide bonds. The number of piperidine rings is 1. The van der Waals surface area contributed by atoms with Crippen molar-refractivity contribution in [1.29, 1.82) is 0 Å². The molecule has 1 N–H and O–H groups in total. The highest BCUT2D eigenvalue weighted by Crippen LogP contribution is 2.36. The van der Waals surface area contributed by atoms with Crippen LogP contribution in [0.25, 0.3) is 10.9 Å². The van der Waals surface area contributed by atoms with E-state index >= 15 is 0 Å². The number of nitrogens with one attached hydrogen (secondary N) is 1. The largest absolute Gasteiger partial charge is 0.302 e. The number of benzene rings is 1. The van der Waals surface area contributed by atoms with E-state index in [9.17, 15) is 0 Å². The number of hydrogen-bond donors (Lipinski definition) is 1. The van der Waals surface area contributed by atoms with Gasteiger partial charge in [-0.3, -0.25) is 14.7 Å². The van der Waals surface area contributed by atoms with Crippen molar-refractivity contribution < 1.29 is 0 Å². The van der Waals surface area contributed by atoms with Gasteiger partial charge in [-0.2, -0.15) is 10.2 Å². The lowest BCUT2D eigenvalue weighted by molar-refractivity contribution is 0.0750. The maximum Gasteiger partial charge on any atom is 0.0695 e. The van der Waals surface area contributed by atoms with E-state index < -0.39 is 0 Å². The Morgan fingerprint density at radius 3 is 2.96 bits per heavy atom. The summed E-state index contributed by atoms with van der Waals surface area (Å²) in [6, 6.07) is 6.90. The highest BCUT2D eigenvalue weighted by molar-refractivity contribution is 5.81. The van der Waals surface area contributed by atoms with Crippen molar-refractivity contribution in [2.45, 2.75) is 32.4 Å². The van der Waals surface area contributed by atoms with Crippen LogP contribution in [0.4, 0.5) is 0 Å². The number of hydrogen-bond acceptors (Lipinski definition) is 4. The van der Waals surface area contributed by atoms with Crippen LogP contribution in [0.15, 0.2) is 36.8 Å². The second-order valence-electron chi connectivity index (χ2n) is 7.87. The van der Waals surface area contributed by atoms with Gasteiger partial charge in [-0.25, -0.2) is 0 Å². The number of H-pyrrole nitrogens is 1. The minimum absolute atomic E-state index is 0.461. The minimum atomic E-state index is 0.461. The molecule has 0 radical (unpaired) electrons. The van der Waals surface area contributed by atoms with Crippen molar-refractivity contribution in [1.82, 2.24) is 29.8 Å². The van der Waals surface area contributed by atoms with E-state index in [-0.39, 0.29) is 0 Å². The molecule has 3 heterocycles. The molecule has 0 aliphatic carbocycles. The Morgan fingerprint density at radius 1 is 1.30 bits per heavy atom. The molecule has 1 saturated heterocycles. The van der Waals surface area contributed by atoms with Crippen LogP contribution in [-0.2, 0) is 13.6 Å². The van der Waals surface area contributed by atoms with Gasteiger partial charge in [0.25, 0.3) is 0 Å². The quantitative estimate of drug-likeness (QED) is 0.728. The number of nitrogens with zero attached hydrogens (tertiary/aromatic N) is 5. The van der Waals surface area contributed by atoms with E-state index in [4.69, 9.17) is 0 Å². The Bertz CT molecular complexity index is 882. The molecule has 27 heavy (non-hydrogen) atoms.